The van der Waals surface area contributed by atoms with Gasteiger partial charge in [0.15, 0.2) is 12.2 Å². The van der Waals surface area contributed by atoms with Crippen LogP contribution in [0.1, 0.15) is 55.4 Å². The largest absolute Gasteiger partial charge is 0.509 e. The van der Waals surface area contributed by atoms with Crippen molar-refractivity contribution < 1.29 is 33.3 Å². The van der Waals surface area contributed by atoms with Gasteiger partial charge in [0.05, 0.1) is 0 Å². The van der Waals surface area contributed by atoms with E-state index in [1.807, 2.05) is 13.8 Å². The molecule has 2 saturated heterocycles. The first-order chi connectivity index (χ1) is 11.3. The van der Waals surface area contributed by atoms with E-state index in [1.54, 1.807) is 41.5 Å². The Labute approximate surface area is 149 Å². The molecule has 7 heteroatoms. The van der Waals surface area contributed by atoms with Crippen LogP contribution in [0.2, 0.25) is 0 Å². The zero-order chi connectivity index (χ0) is 19.2. The van der Waals surface area contributed by atoms with Crippen LogP contribution in [-0.2, 0) is 23.7 Å². The first kappa shape index (κ1) is 19.8. The minimum Gasteiger partial charge on any atom is -0.429 e. The summed E-state index contributed by atoms with van der Waals surface area (Å²) in [6, 6.07) is 0. The van der Waals surface area contributed by atoms with Gasteiger partial charge in [-0.25, -0.2) is 9.59 Å². The average Bonchev–Trinajstić information content (AvgIpc) is 2.84. The first-order valence-electron chi connectivity index (χ1n) is 8.73. The SMILES string of the molecule is CC1C(C)C2OC1C(OC(=O)OC(C)(C)C)C2OC(=O)OC(C)(C)C. The van der Waals surface area contributed by atoms with E-state index in [0.717, 1.165) is 0 Å². The van der Waals surface area contributed by atoms with Crippen molar-refractivity contribution in [2.24, 2.45) is 11.8 Å². The van der Waals surface area contributed by atoms with E-state index < -0.39 is 35.7 Å². The molecule has 0 amide bonds. The molecule has 2 heterocycles. The van der Waals surface area contributed by atoms with Crippen molar-refractivity contribution in [3.63, 3.8) is 0 Å². The third-order valence-electron chi connectivity index (χ3n) is 4.40. The molecule has 0 aromatic rings. The van der Waals surface area contributed by atoms with E-state index >= 15 is 0 Å². The quantitative estimate of drug-likeness (QED) is 0.697. The topological polar surface area (TPSA) is 80.3 Å². The van der Waals surface area contributed by atoms with E-state index in [0.29, 0.717) is 0 Å². The fourth-order valence-electron chi connectivity index (χ4n) is 3.19. The molecule has 0 radical (unpaired) electrons. The molecule has 0 saturated carbocycles. The monoisotopic (exact) mass is 358 g/mol. The Hall–Kier alpha value is -1.50. The second kappa shape index (κ2) is 6.67. The summed E-state index contributed by atoms with van der Waals surface area (Å²) < 4.78 is 27.3. The Morgan fingerprint density at radius 1 is 0.720 bits per heavy atom. The molecule has 7 nitrogen and oxygen atoms in total. The highest BCUT2D eigenvalue weighted by molar-refractivity contribution is 5.62. The van der Waals surface area contributed by atoms with Crippen LogP contribution in [-0.4, -0.2) is 47.9 Å². The minimum absolute atomic E-state index is 0.177. The van der Waals surface area contributed by atoms with Crippen molar-refractivity contribution in [2.45, 2.75) is 91.0 Å². The summed E-state index contributed by atoms with van der Waals surface area (Å²) in [5.74, 6) is 0.354. The summed E-state index contributed by atoms with van der Waals surface area (Å²) in [5.41, 5.74) is -1.34. The molecule has 0 aromatic heterocycles. The van der Waals surface area contributed by atoms with Crippen molar-refractivity contribution in [3.8, 4) is 0 Å². The number of hydrogen-bond acceptors (Lipinski definition) is 7. The summed E-state index contributed by atoms with van der Waals surface area (Å²) in [7, 11) is 0. The second-order valence-electron chi connectivity index (χ2n) is 8.88. The van der Waals surface area contributed by atoms with Crippen LogP contribution in [0.3, 0.4) is 0 Å². The average molecular weight is 358 g/mol. The fraction of sp³-hybridized carbons (Fsp3) is 0.889. The lowest BCUT2D eigenvalue weighted by Crippen LogP contribution is -2.50. The minimum atomic E-state index is -0.800. The lowest BCUT2D eigenvalue weighted by molar-refractivity contribution is -0.0962. The highest BCUT2D eigenvalue weighted by Gasteiger charge is 2.60. The van der Waals surface area contributed by atoms with Gasteiger partial charge in [-0.2, -0.15) is 0 Å². The van der Waals surface area contributed by atoms with Gasteiger partial charge < -0.3 is 23.7 Å². The zero-order valence-electron chi connectivity index (χ0n) is 16.3. The second-order valence-corrected chi connectivity index (χ2v) is 8.88. The molecule has 6 unspecified atom stereocenters. The van der Waals surface area contributed by atoms with Gasteiger partial charge in [0.25, 0.3) is 0 Å². The van der Waals surface area contributed by atoms with Gasteiger partial charge in [0, 0.05) is 0 Å². The summed E-state index contributed by atoms with van der Waals surface area (Å²) in [5, 5.41) is 0. The third kappa shape index (κ3) is 4.77. The van der Waals surface area contributed by atoms with Crippen LogP contribution in [0.5, 0.6) is 0 Å². The molecule has 144 valence electrons. The number of hydrogen-bond donors (Lipinski definition) is 0. The fourth-order valence-corrected chi connectivity index (χ4v) is 3.19. The molecule has 2 bridgehead atoms. The Balaban J connectivity index is 2.09. The molecule has 2 fully saturated rings. The smallest absolute Gasteiger partial charge is 0.429 e. The number of ether oxygens (including phenoxy) is 5. The molecular formula is C18H30O7. The van der Waals surface area contributed by atoms with Gasteiger partial charge >= 0.3 is 12.3 Å². The van der Waals surface area contributed by atoms with E-state index in [9.17, 15) is 9.59 Å². The van der Waals surface area contributed by atoms with Crippen molar-refractivity contribution in [1.82, 2.24) is 0 Å². The van der Waals surface area contributed by atoms with E-state index in [4.69, 9.17) is 23.7 Å². The Morgan fingerprint density at radius 3 is 1.32 bits per heavy atom. The predicted molar refractivity (Wildman–Crippen MR) is 89.2 cm³/mol. The lowest BCUT2D eigenvalue weighted by atomic mass is 9.78. The van der Waals surface area contributed by atoms with Crippen LogP contribution in [0.15, 0.2) is 0 Å². The van der Waals surface area contributed by atoms with Crippen LogP contribution in [0.25, 0.3) is 0 Å². The maximum atomic E-state index is 12.1. The molecule has 0 aliphatic carbocycles. The Bertz CT molecular complexity index is 470. The van der Waals surface area contributed by atoms with Gasteiger partial charge in [-0.15, -0.1) is 0 Å². The van der Waals surface area contributed by atoms with Crippen LogP contribution in [0.4, 0.5) is 9.59 Å². The molecular weight excluding hydrogens is 328 g/mol. The van der Waals surface area contributed by atoms with Crippen LogP contribution < -0.4 is 0 Å². The predicted octanol–water partition coefficient (Wildman–Crippen LogP) is 3.68. The molecule has 2 rings (SSSR count). The number of carbonyl (C=O) groups is 2. The molecule has 6 atom stereocenters. The summed E-state index contributed by atoms with van der Waals surface area (Å²) >= 11 is 0. The molecule has 2 aliphatic rings. The van der Waals surface area contributed by atoms with Crippen molar-refractivity contribution >= 4 is 12.3 Å². The van der Waals surface area contributed by atoms with Crippen molar-refractivity contribution in [1.29, 1.82) is 0 Å². The maximum absolute atomic E-state index is 12.1. The van der Waals surface area contributed by atoms with Gasteiger partial charge in [-0.3, -0.25) is 0 Å². The third-order valence-corrected chi connectivity index (χ3v) is 4.40. The van der Waals surface area contributed by atoms with Crippen molar-refractivity contribution in [2.75, 3.05) is 0 Å². The van der Waals surface area contributed by atoms with Gasteiger partial charge in [0.1, 0.15) is 23.4 Å². The van der Waals surface area contributed by atoms with Crippen molar-refractivity contribution in [3.05, 3.63) is 0 Å². The molecule has 0 spiro atoms. The van der Waals surface area contributed by atoms with E-state index in [-0.39, 0.29) is 24.0 Å². The molecule has 0 N–H and O–H groups in total. The maximum Gasteiger partial charge on any atom is 0.509 e. The molecule has 0 aromatic carbocycles. The highest BCUT2D eigenvalue weighted by Crippen LogP contribution is 2.46. The lowest BCUT2D eigenvalue weighted by Gasteiger charge is -2.34. The van der Waals surface area contributed by atoms with E-state index in [1.165, 1.54) is 0 Å². The van der Waals surface area contributed by atoms with Gasteiger partial charge in [-0.05, 0) is 53.4 Å². The van der Waals surface area contributed by atoms with Gasteiger partial charge in [0.2, 0.25) is 0 Å². The summed E-state index contributed by atoms with van der Waals surface area (Å²) in [6.45, 7) is 14.6. The standard InChI is InChI=1S/C18H30O7/c1-9-10(2)12-14(23-16(20)25-18(6,7)8)13(11(9)21-12)22-15(19)24-17(3,4)5/h9-14H,1-8H3. The van der Waals surface area contributed by atoms with Crippen LogP contribution in [0, 0.1) is 11.8 Å². The normalized spacial score (nSPS) is 34.6. The first-order valence-corrected chi connectivity index (χ1v) is 8.73. The number of rotatable bonds is 2. The van der Waals surface area contributed by atoms with Gasteiger partial charge in [-0.1, -0.05) is 13.8 Å². The van der Waals surface area contributed by atoms with E-state index in [2.05, 4.69) is 0 Å². The molecule has 2 aliphatic heterocycles. The Morgan fingerprint density at radius 2 is 1.04 bits per heavy atom. The zero-order valence-corrected chi connectivity index (χ0v) is 16.3. The molecule has 25 heavy (non-hydrogen) atoms. The Kier molecular flexibility index (Phi) is 5.28. The number of fused-ring (bicyclic) bond motifs is 2. The highest BCUT2D eigenvalue weighted by atomic mass is 16.8. The summed E-state index contributed by atoms with van der Waals surface area (Å²) in [4.78, 5) is 24.1. The summed E-state index contributed by atoms with van der Waals surface area (Å²) in [6.07, 6.45) is -3.69. The van der Waals surface area contributed by atoms with Crippen LogP contribution >= 0.6 is 0 Å². The number of carbonyl (C=O) groups excluding carboxylic acids is 2.